The summed E-state index contributed by atoms with van der Waals surface area (Å²) in [7, 11) is 0. The van der Waals surface area contributed by atoms with E-state index in [0.717, 1.165) is 11.3 Å². The summed E-state index contributed by atoms with van der Waals surface area (Å²) in [6.45, 7) is 1.73. The first-order chi connectivity index (χ1) is 10.6. The third-order valence-electron chi connectivity index (χ3n) is 4.32. The average Bonchev–Trinajstić information content (AvgIpc) is 2.85. The monoisotopic (exact) mass is 294 g/mol. The second kappa shape index (κ2) is 4.34. The Hall–Kier alpha value is -2.82. The van der Waals surface area contributed by atoms with Crippen molar-refractivity contribution >= 4 is 23.2 Å². The number of nitrogens with one attached hydrogen (secondary N) is 1. The van der Waals surface area contributed by atoms with E-state index in [2.05, 4.69) is 5.32 Å². The van der Waals surface area contributed by atoms with Crippen molar-refractivity contribution in [3.8, 4) is 5.75 Å². The van der Waals surface area contributed by atoms with Crippen molar-refractivity contribution in [2.45, 2.75) is 19.4 Å². The fraction of sp³-hybridized carbons (Fsp3) is 0.176. The van der Waals surface area contributed by atoms with Crippen molar-refractivity contribution in [2.75, 3.05) is 10.2 Å². The molecule has 2 aliphatic rings. The van der Waals surface area contributed by atoms with Crippen molar-refractivity contribution in [3.63, 3.8) is 0 Å². The van der Waals surface area contributed by atoms with E-state index in [1.165, 1.54) is 6.07 Å². The molecule has 0 aliphatic carbocycles. The predicted molar refractivity (Wildman–Crippen MR) is 82.2 cm³/mol. The van der Waals surface area contributed by atoms with E-state index in [1.807, 2.05) is 24.3 Å². The highest BCUT2D eigenvalue weighted by atomic mass is 16.3. The van der Waals surface area contributed by atoms with Gasteiger partial charge in [-0.1, -0.05) is 18.2 Å². The van der Waals surface area contributed by atoms with E-state index in [-0.39, 0.29) is 17.6 Å². The third kappa shape index (κ3) is 1.65. The molecular formula is C17H14N2O3. The number of phenols is 1. The van der Waals surface area contributed by atoms with Crippen LogP contribution in [0.25, 0.3) is 0 Å². The summed E-state index contributed by atoms with van der Waals surface area (Å²) in [6.07, 6.45) is 0.507. The van der Waals surface area contributed by atoms with Gasteiger partial charge < -0.3 is 10.4 Å². The SMILES string of the molecule is Cc1cc2c(cc1O)NC(=O)[C@@H]1Cc3ccccc3N1C2=O. The van der Waals surface area contributed by atoms with Gasteiger partial charge in [-0.25, -0.2) is 0 Å². The molecule has 2 aromatic carbocycles. The lowest BCUT2D eigenvalue weighted by molar-refractivity contribution is -0.117. The second-order valence-electron chi connectivity index (χ2n) is 5.70. The number of anilines is 2. The van der Waals surface area contributed by atoms with Crippen LogP contribution in [0.3, 0.4) is 0 Å². The topological polar surface area (TPSA) is 69.6 Å². The normalized spacial score (nSPS) is 19.1. The van der Waals surface area contributed by atoms with Crippen molar-refractivity contribution in [1.82, 2.24) is 0 Å². The number of benzene rings is 2. The molecule has 2 aromatic rings. The van der Waals surface area contributed by atoms with Gasteiger partial charge in [0, 0.05) is 18.2 Å². The number of para-hydroxylation sites is 1. The van der Waals surface area contributed by atoms with Gasteiger partial charge in [0.1, 0.15) is 11.8 Å². The number of phenolic OH excluding ortho intramolecular Hbond substituents is 1. The number of amides is 2. The minimum atomic E-state index is -0.542. The molecule has 4 rings (SSSR count). The van der Waals surface area contributed by atoms with Crippen LogP contribution >= 0.6 is 0 Å². The van der Waals surface area contributed by atoms with Gasteiger partial charge >= 0.3 is 0 Å². The number of hydrogen-bond donors (Lipinski definition) is 2. The molecule has 0 fully saturated rings. The third-order valence-corrected chi connectivity index (χ3v) is 4.32. The molecule has 2 N–H and O–H groups in total. The van der Waals surface area contributed by atoms with Crippen LogP contribution in [-0.4, -0.2) is 23.0 Å². The number of aryl methyl sites for hydroxylation is 1. The van der Waals surface area contributed by atoms with Gasteiger partial charge in [-0.15, -0.1) is 0 Å². The van der Waals surface area contributed by atoms with Crippen LogP contribution in [0.4, 0.5) is 11.4 Å². The molecule has 0 bridgehead atoms. The van der Waals surface area contributed by atoms with Crippen LogP contribution in [0.2, 0.25) is 0 Å². The van der Waals surface area contributed by atoms with E-state index < -0.39 is 6.04 Å². The van der Waals surface area contributed by atoms with Crippen molar-refractivity contribution < 1.29 is 14.7 Å². The predicted octanol–water partition coefficient (Wildman–Crippen LogP) is 2.22. The second-order valence-corrected chi connectivity index (χ2v) is 5.70. The van der Waals surface area contributed by atoms with Crippen molar-refractivity contribution in [3.05, 3.63) is 53.1 Å². The van der Waals surface area contributed by atoms with Crippen LogP contribution in [0.1, 0.15) is 21.5 Å². The molecule has 0 unspecified atom stereocenters. The zero-order valence-corrected chi connectivity index (χ0v) is 12.0. The molecule has 2 amide bonds. The number of carbonyl (C=O) groups excluding carboxylic acids is 2. The molecule has 110 valence electrons. The van der Waals surface area contributed by atoms with Crippen molar-refractivity contribution in [1.29, 1.82) is 0 Å². The summed E-state index contributed by atoms with van der Waals surface area (Å²) in [4.78, 5) is 27.0. The standard InChI is InChI=1S/C17H14N2O3/c1-9-6-11-12(8-15(9)20)18-16(21)14-7-10-4-2-3-5-13(10)19(14)17(11)22/h2-6,8,14,20H,7H2,1H3,(H,18,21)/t14-/m0/s1. The Morgan fingerprint density at radius 3 is 2.82 bits per heavy atom. The van der Waals surface area contributed by atoms with Crippen LogP contribution in [0.5, 0.6) is 5.75 Å². The molecule has 2 aliphatic heterocycles. The number of rotatable bonds is 0. The molecule has 5 nitrogen and oxygen atoms in total. The first kappa shape index (κ1) is 12.9. The summed E-state index contributed by atoms with van der Waals surface area (Å²) in [5, 5.41) is 12.6. The lowest BCUT2D eigenvalue weighted by Gasteiger charge is -2.21. The van der Waals surface area contributed by atoms with Gasteiger partial charge in [0.25, 0.3) is 5.91 Å². The maximum Gasteiger partial charge on any atom is 0.261 e. The molecule has 0 aromatic heterocycles. The van der Waals surface area contributed by atoms with E-state index in [9.17, 15) is 14.7 Å². The number of aromatic hydroxyl groups is 1. The molecule has 1 atom stereocenters. The molecule has 22 heavy (non-hydrogen) atoms. The van der Waals surface area contributed by atoms with Crippen LogP contribution < -0.4 is 10.2 Å². The minimum Gasteiger partial charge on any atom is -0.508 e. The van der Waals surface area contributed by atoms with E-state index in [1.54, 1.807) is 17.9 Å². The maximum absolute atomic E-state index is 12.9. The van der Waals surface area contributed by atoms with Gasteiger partial charge in [-0.3, -0.25) is 14.5 Å². The largest absolute Gasteiger partial charge is 0.508 e. The zero-order valence-electron chi connectivity index (χ0n) is 12.0. The number of carbonyl (C=O) groups is 2. The summed E-state index contributed by atoms with van der Waals surface area (Å²) in [5.41, 5.74) is 3.15. The number of hydrogen-bond acceptors (Lipinski definition) is 3. The van der Waals surface area contributed by atoms with E-state index in [4.69, 9.17) is 0 Å². The molecule has 2 heterocycles. The Labute approximate surface area is 127 Å². The fourth-order valence-corrected chi connectivity index (χ4v) is 3.17. The molecule has 0 radical (unpaired) electrons. The summed E-state index contributed by atoms with van der Waals surface area (Å²) < 4.78 is 0. The smallest absolute Gasteiger partial charge is 0.261 e. The first-order valence-corrected chi connectivity index (χ1v) is 7.12. The van der Waals surface area contributed by atoms with Gasteiger partial charge in [-0.05, 0) is 30.2 Å². The van der Waals surface area contributed by atoms with E-state index >= 15 is 0 Å². The molecule has 5 heteroatoms. The molecule has 0 spiro atoms. The van der Waals surface area contributed by atoms with Crippen LogP contribution in [0.15, 0.2) is 36.4 Å². The lowest BCUT2D eigenvalue weighted by Crippen LogP contribution is -2.42. The Morgan fingerprint density at radius 1 is 1.23 bits per heavy atom. The van der Waals surface area contributed by atoms with Gasteiger partial charge in [-0.2, -0.15) is 0 Å². The Morgan fingerprint density at radius 2 is 2.00 bits per heavy atom. The van der Waals surface area contributed by atoms with Crippen molar-refractivity contribution in [2.24, 2.45) is 0 Å². The Bertz CT molecular complexity index is 829. The average molecular weight is 294 g/mol. The molecule has 0 saturated heterocycles. The summed E-state index contributed by atoms with van der Waals surface area (Å²) in [5.74, 6) is -0.382. The van der Waals surface area contributed by atoms with Gasteiger partial charge in [0.05, 0.1) is 11.3 Å². The highest BCUT2D eigenvalue weighted by Gasteiger charge is 2.41. The quantitative estimate of drug-likeness (QED) is 0.782. The summed E-state index contributed by atoms with van der Waals surface area (Å²) >= 11 is 0. The maximum atomic E-state index is 12.9. The highest BCUT2D eigenvalue weighted by molar-refractivity contribution is 6.19. The van der Waals surface area contributed by atoms with E-state index in [0.29, 0.717) is 23.2 Å². The number of nitrogens with zero attached hydrogens (tertiary/aromatic N) is 1. The minimum absolute atomic E-state index is 0.0642. The molecule has 0 saturated carbocycles. The van der Waals surface area contributed by atoms with Crippen LogP contribution in [0, 0.1) is 6.92 Å². The summed E-state index contributed by atoms with van der Waals surface area (Å²) in [6, 6.07) is 10.1. The van der Waals surface area contributed by atoms with Gasteiger partial charge in [0.15, 0.2) is 0 Å². The van der Waals surface area contributed by atoms with Crippen LogP contribution in [-0.2, 0) is 11.2 Å². The molecular weight excluding hydrogens is 280 g/mol. The highest BCUT2D eigenvalue weighted by Crippen LogP contribution is 2.38. The fourth-order valence-electron chi connectivity index (χ4n) is 3.17. The van der Waals surface area contributed by atoms with Gasteiger partial charge in [0.2, 0.25) is 5.91 Å². The Kier molecular flexibility index (Phi) is 2.54. The number of fused-ring (bicyclic) bond motifs is 4. The Balaban J connectivity index is 1.92. The first-order valence-electron chi connectivity index (χ1n) is 7.12. The lowest BCUT2D eigenvalue weighted by atomic mass is 10.1. The zero-order chi connectivity index (χ0) is 15.4.